The van der Waals surface area contributed by atoms with Crippen molar-refractivity contribution in [2.45, 2.75) is 45.6 Å². The summed E-state index contributed by atoms with van der Waals surface area (Å²) in [5.74, 6) is 0.443. The van der Waals surface area contributed by atoms with E-state index in [4.69, 9.17) is 18.0 Å². The largest absolute Gasteiger partial charge is 0.393 e. The van der Waals surface area contributed by atoms with Crippen molar-refractivity contribution in [2.75, 3.05) is 7.05 Å². The van der Waals surface area contributed by atoms with Crippen LogP contribution >= 0.6 is 12.2 Å². The third kappa shape index (κ3) is 3.17. The average molecular weight is 242 g/mol. The Morgan fingerprint density at radius 1 is 1.50 bits per heavy atom. The lowest BCUT2D eigenvalue weighted by Gasteiger charge is -2.35. The maximum Gasteiger partial charge on any atom is 0.232 e. The number of hydrogen-bond donors (Lipinski definition) is 1. The van der Waals surface area contributed by atoms with E-state index in [0.29, 0.717) is 16.9 Å². The summed E-state index contributed by atoms with van der Waals surface area (Å²) in [6.07, 6.45) is 4.71. The second kappa shape index (κ2) is 5.62. The molecule has 0 aromatic carbocycles. The quantitative estimate of drug-likeness (QED) is 0.769. The molecule has 0 bridgehead atoms. The van der Waals surface area contributed by atoms with Gasteiger partial charge in [-0.25, -0.2) is 0 Å². The number of carbonyl (C=O) groups excluding carboxylic acids is 1. The van der Waals surface area contributed by atoms with E-state index in [-0.39, 0.29) is 11.8 Å². The number of carbonyl (C=O) groups is 1. The monoisotopic (exact) mass is 242 g/mol. The van der Waals surface area contributed by atoms with Crippen molar-refractivity contribution in [1.82, 2.24) is 4.90 Å². The predicted octanol–water partition coefficient (Wildman–Crippen LogP) is 1.95. The van der Waals surface area contributed by atoms with Crippen molar-refractivity contribution in [2.24, 2.45) is 17.6 Å². The molecule has 1 fully saturated rings. The predicted molar refractivity (Wildman–Crippen MR) is 70.1 cm³/mol. The van der Waals surface area contributed by atoms with E-state index in [2.05, 4.69) is 6.92 Å². The smallest absolute Gasteiger partial charge is 0.232 e. The third-order valence-electron chi connectivity index (χ3n) is 3.60. The van der Waals surface area contributed by atoms with Crippen LogP contribution in [0.2, 0.25) is 0 Å². The lowest BCUT2D eigenvalue weighted by Crippen LogP contribution is -2.44. The van der Waals surface area contributed by atoms with Gasteiger partial charge in [0, 0.05) is 13.1 Å². The Labute approximate surface area is 103 Å². The highest BCUT2D eigenvalue weighted by molar-refractivity contribution is 7.80. The lowest BCUT2D eigenvalue weighted by molar-refractivity contribution is -0.134. The third-order valence-corrected chi connectivity index (χ3v) is 3.95. The van der Waals surface area contributed by atoms with Crippen LogP contribution in [-0.2, 0) is 4.79 Å². The molecule has 1 amide bonds. The van der Waals surface area contributed by atoms with Crippen LogP contribution in [0.4, 0.5) is 0 Å². The Hall–Kier alpha value is -0.640. The summed E-state index contributed by atoms with van der Waals surface area (Å²) in [5.41, 5.74) is 5.52. The van der Waals surface area contributed by atoms with Gasteiger partial charge in [-0.05, 0) is 25.7 Å². The average Bonchev–Trinajstić information content (AvgIpc) is 2.26. The minimum Gasteiger partial charge on any atom is -0.393 e. The van der Waals surface area contributed by atoms with Gasteiger partial charge in [-0.2, -0.15) is 0 Å². The molecule has 1 saturated carbocycles. The van der Waals surface area contributed by atoms with Gasteiger partial charge in [-0.1, -0.05) is 32.0 Å². The van der Waals surface area contributed by atoms with Crippen LogP contribution in [-0.4, -0.2) is 28.9 Å². The highest BCUT2D eigenvalue weighted by Crippen LogP contribution is 2.27. The number of thiocarbonyl (C=S) groups is 1. The minimum absolute atomic E-state index is 0.0617. The van der Waals surface area contributed by atoms with E-state index in [1.54, 1.807) is 6.92 Å². The standard InChI is InChI=1S/C12H22N2OS/c1-8-5-4-6-10(7-8)14(3)12(15)9(2)11(13)16/h8-10H,4-7H2,1-3H3,(H2,13,16). The van der Waals surface area contributed by atoms with E-state index in [1.165, 1.54) is 12.8 Å². The summed E-state index contributed by atoms with van der Waals surface area (Å²) in [5, 5.41) is 0. The van der Waals surface area contributed by atoms with Crippen LogP contribution in [0.25, 0.3) is 0 Å². The molecule has 3 unspecified atom stereocenters. The maximum absolute atomic E-state index is 12.0. The number of hydrogen-bond acceptors (Lipinski definition) is 2. The molecule has 1 rings (SSSR count). The van der Waals surface area contributed by atoms with Gasteiger partial charge in [0.1, 0.15) is 0 Å². The molecule has 0 radical (unpaired) electrons. The van der Waals surface area contributed by atoms with E-state index >= 15 is 0 Å². The van der Waals surface area contributed by atoms with Crippen LogP contribution in [0, 0.1) is 11.8 Å². The molecule has 0 aromatic rings. The normalized spacial score (nSPS) is 27.2. The first-order valence-corrected chi connectivity index (χ1v) is 6.40. The first-order valence-electron chi connectivity index (χ1n) is 5.99. The van der Waals surface area contributed by atoms with Gasteiger partial charge >= 0.3 is 0 Å². The zero-order valence-corrected chi connectivity index (χ0v) is 11.2. The van der Waals surface area contributed by atoms with Gasteiger partial charge < -0.3 is 10.6 Å². The number of amides is 1. The molecule has 0 heterocycles. The fourth-order valence-electron chi connectivity index (χ4n) is 2.36. The number of rotatable bonds is 3. The molecule has 1 aliphatic rings. The molecular formula is C12H22N2OS. The minimum atomic E-state index is -0.336. The van der Waals surface area contributed by atoms with E-state index in [0.717, 1.165) is 12.8 Å². The van der Waals surface area contributed by atoms with Crippen LogP contribution in [0.5, 0.6) is 0 Å². The number of nitrogens with zero attached hydrogens (tertiary/aromatic N) is 1. The number of nitrogens with two attached hydrogens (primary N) is 1. The zero-order valence-electron chi connectivity index (χ0n) is 10.4. The molecule has 0 spiro atoms. The van der Waals surface area contributed by atoms with E-state index in [9.17, 15) is 4.79 Å². The van der Waals surface area contributed by atoms with Crippen LogP contribution in [0.3, 0.4) is 0 Å². The SMILES string of the molecule is CC1CCCC(N(C)C(=O)C(C)C(N)=S)C1. The Morgan fingerprint density at radius 2 is 2.12 bits per heavy atom. The lowest BCUT2D eigenvalue weighted by atomic mass is 9.86. The van der Waals surface area contributed by atoms with E-state index in [1.807, 2.05) is 11.9 Å². The fraction of sp³-hybridized carbons (Fsp3) is 0.833. The van der Waals surface area contributed by atoms with Crippen molar-refractivity contribution in [3.63, 3.8) is 0 Å². The Kier molecular flexibility index (Phi) is 4.71. The molecule has 0 aromatic heterocycles. The topological polar surface area (TPSA) is 46.3 Å². The van der Waals surface area contributed by atoms with Gasteiger partial charge in [0.25, 0.3) is 0 Å². The Morgan fingerprint density at radius 3 is 2.62 bits per heavy atom. The van der Waals surface area contributed by atoms with Crippen molar-refractivity contribution in [3.8, 4) is 0 Å². The molecule has 4 heteroatoms. The molecule has 0 saturated heterocycles. The fourth-order valence-corrected chi connectivity index (χ4v) is 2.46. The first-order chi connectivity index (χ1) is 7.43. The van der Waals surface area contributed by atoms with Gasteiger partial charge in [0.2, 0.25) is 5.91 Å². The van der Waals surface area contributed by atoms with Crippen LogP contribution in [0.1, 0.15) is 39.5 Å². The molecular weight excluding hydrogens is 220 g/mol. The van der Waals surface area contributed by atoms with Gasteiger partial charge in [0.05, 0.1) is 10.9 Å². The summed E-state index contributed by atoms with van der Waals surface area (Å²) >= 11 is 4.87. The van der Waals surface area contributed by atoms with Crippen molar-refractivity contribution >= 4 is 23.1 Å². The first kappa shape index (κ1) is 13.4. The Balaban J connectivity index is 2.59. The second-order valence-electron chi connectivity index (χ2n) is 5.00. The van der Waals surface area contributed by atoms with E-state index < -0.39 is 0 Å². The van der Waals surface area contributed by atoms with Gasteiger partial charge in [0.15, 0.2) is 0 Å². The molecule has 3 atom stereocenters. The maximum atomic E-state index is 12.0. The Bertz CT molecular complexity index is 280. The highest BCUT2D eigenvalue weighted by Gasteiger charge is 2.28. The zero-order chi connectivity index (χ0) is 12.3. The molecule has 92 valence electrons. The molecule has 0 aliphatic heterocycles. The van der Waals surface area contributed by atoms with Crippen molar-refractivity contribution in [3.05, 3.63) is 0 Å². The van der Waals surface area contributed by atoms with Gasteiger partial charge in [-0.15, -0.1) is 0 Å². The van der Waals surface area contributed by atoms with Gasteiger partial charge in [-0.3, -0.25) is 4.79 Å². The summed E-state index contributed by atoms with van der Waals surface area (Å²) in [6.45, 7) is 4.04. The summed E-state index contributed by atoms with van der Waals surface area (Å²) in [7, 11) is 1.87. The summed E-state index contributed by atoms with van der Waals surface area (Å²) in [4.78, 5) is 14.2. The van der Waals surface area contributed by atoms with Crippen molar-refractivity contribution < 1.29 is 4.79 Å². The molecule has 16 heavy (non-hydrogen) atoms. The second-order valence-corrected chi connectivity index (χ2v) is 5.47. The molecule has 2 N–H and O–H groups in total. The molecule has 1 aliphatic carbocycles. The summed E-state index contributed by atoms with van der Waals surface area (Å²) in [6, 6.07) is 0.369. The van der Waals surface area contributed by atoms with Crippen molar-refractivity contribution in [1.29, 1.82) is 0 Å². The molecule has 3 nitrogen and oxygen atoms in total. The highest BCUT2D eigenvalue weighted by atomic mass is 32.1. The van der Waals surface area contributed by atoms with Crippen LogP contribution < -0.4 is 5.73 Å². The summed E-state index contributed by atoms with van der Waals surface area (Å²) < 4.78 is 0. The van der Waals surface area contributed by atoms with Crippen LogP contribution in [0.15, 0.2) is 0 Å².